The Bertz CT molecular complexity index is 850. The molecule has 1 unspecified atom stereocenters. The minimum Gasteiger partial charge on any atom is -0.396 e. The van der Waals surface area contributed by atoms with Crippen LogP contribution in [0.5, 0.6) is 0 Å². The van der Waals surface area contributed by atoms with Gasteiger partial charge in [0.1, 0.15) is 11.6 Å². The molecule has 1 aromatic carbocycles. The zero-order chi connectivity index (χ0) is 22.8. The van der Waals surface area contributed by atoms with Gasteiger partial charge in [-0.15, -0.1) is 0 Å². The molecule has 1 saturated carbocycles. The predicted octanol–water partition coefficient (Wildman–Crippen LogP) is 4.92. The first-order valence-corrected chi connectivity index (χ1v) is 11.1. The molecule has 4 atom stereocenters. The van der Waals surface area contributed by atoms with Gasteiger partial charge in [0.05, 0.1) is 16.7 Å². The molecule has 3 rings (SSSR count). The van der Waals surface area contributed by atoms with Gasteiger partial charge in [-0.2, -0.15) is 10.2 Å². The second-order valence-electron chi connectivity index (χ2n) is 9.43. The summed E-state index contributed by atoms with van der Waals surface area (Å²) in [6.45, 7) is 7.45. The average Bonchev–Trinajstić information content (AvgIpc) is 3.33. The summed E-state index contributed by atoms with van der Waals surface area (Å²) in [5.41, 5.74) is -0.779. The third-order valence-corrected chi connectivity index (χ3v) is 7.13. The minimum atomic E-state index is -0.699. The van der Waals surface area contributed by atoms with Crippen molar-refractivity contribution in [3.63, 3.8) is 0 Å². The predicted molar refractivity (Wildman–Crippen MR) is 116 cm³/mol. The number of hydrogen-bond acceptors (Lipinski definition) is 4. The van der Waals surface area contributed by atoms with Crippen LogP contribution < -0.4 is 0 Å². The summed E-state index contributed by atoms with van der Waals surface area (Å²) in [6, 6.07) is 3.73. The smallest absolute Gasteiger partial charge is 0.229 e. The molecule has 2 aliphatic rings. The molecule has 0 bridgehead atoms. The van der Waals surface area contributed by atoms with Gasteiger partial charge in [-0.3, -0.25) is 4.79 Å². The summed E-state index contributed by atoms with van der Waals surface area (Å²) < 4.78 is 29.1. The van der Waals surface area contributed by atoms with Crippen LogP contribution in [-0.4, -0.2) is 42.7 Å². The Labute approximate surface area is 183 Å². The van der Waals surface area contributed by atoms with Crippen molar-refractivity contribution in [3.05, 3.63) is 41.5 Å². The molecule has 5 nitrogen and oxygen atoms in total. The lowest BCUT2D eigenvalue weighted by molar-refractivity contribution is -0.142. The van der Waals surface area contributed by atoms with Gasteiger partial charge in [0, 0.05) is 32.7 Å². The van der Waals surface area contributed by atoms with Gasteiger partial charge < -0.3 is 10.0 Å². The van der Waals surface area contributed by atoms with E-state index in [-0.39, 0.29) is 41.5 Å². The summed E-state index contributed by atoms with van der Waals surface area (Å²) in [5, 5.41) is 17.3. The van der Waals surface area contributed by atoms with Crippen LogP contribution in [0.15, 0.2) is 34.5 Å². The second kappa shape index (κ2) is 9.55. The summed E-state index contributed by atoms with van der Waals surface area (Å²) in [6.07, 6.45) is 4.12. The van der Waals surface area contributed by atoms with Crippen LogP contribution in [0.1, 0.15) is 45.6 Å². The number of likely N-dealkylation sites (tertiary alicyclic amines) is 1. The van der Waals surface area contributed by atoms with Gasteiger partial charge in [-0.05, 0) is 49.1 Å². The number of benzene rings is 1. The number of amides is 1. The molecule has 170 valence electrons. The molecule has 1 amide bonds. The number of hydrogen-bond donors (Lipinski definition) is 1. The Hall–Kier alpha value is -2.15. The van der Waals surface area contributed by atoms with E-state index in [9.17, 15) is 18.7 Å². The van der Waals surface area contributed by atoms with E-state index >= 15 is 0 Å². The van der Waals surface area contributed by atoms with Crippen molar-refractivity contribution in [2.24, 2.45) is 39.3 Å². The van der Waals surface area contributed by atoms with Crippen LogP contribution in [0.4, 0.5) is 8.78 Å². The number of aliphatic hydroxyl groups excluding tert-OH is 1. The van der Waals surface area contributed by atoms with Gasteiger partial charge >= 0.3 is 0 Å². The van der Waals surface area contributed by atoms with E-state index in [4.69, 9.17) is 0 Å². The SMILES string of the molecule is C/N=N\C(=C/C1[C@H](C(C)C)CC[C@]1(C)C(=O)N1CC[C@H](CO)C1)c1c(F)cccc1F. The fourth-order valence-corrected chi connectivity index (χ4v) is 5.30. The number of nitrogens with zero attached hydrogens (tertiary/aromatic N) is 3. The standard InChI is InChI=1S/C24H33F2N3O2/c1-15(2)17-8-10-24(3,23(31)29-11-9-16(13-29)14-30)18(17)12-21(28-27-4)22-19(25)6-5-7-20(22)26/h5-7,12,15-18,30H,8-11,13-14H2,1-4H3/b21-12-,28-27-/t16-,17-,18?,24-/m0/s1. The maximum Gasteiger partial charge on any atom is 0.229 e. The molecule has 1 N–H and O–H groups in total. The topological polar surface area (TPSA) is 65.3 Å². The largest absolute Gasteiger partial charge is 0.396 e. The van der Waals surface area contributed by atoms with E-state index in [1.165, 1.54) is 25.2 Å². The van der Waals surface area contributed by atoms with Gasteiger partial charge in [-0.25, -0.2) is 8.78 Å². The Morgan fingerprint density at radius 2 is 2.00 bits per heavy atom. The van der Waals surface area contributed by atoms with E-state index in [0.29, 0.717) is 25.4 Å². The number of halogens is 2. The van der Waals surface area contributed by atoms with Crippen molar-refractivity contribution in [1.29, 1.82) is 0 Å². The summed E-state index contributed by atoms with van der Waals surface area (Å²) in [4.78, 5) is 15.5. The number of carbonyl (C=O) groups excluding carboxylic acids is 1. The molecule has 2 fully saturated rings. The molecular weight excluding hydrogens is 400 g/mol. The lowest BCUT2D eigenvalue weighted by atomic mass is 9.72. The van der Waals surface area contributed by atoms with E-state index in [0.717, 1.165) is 12.8 Å². The van der Waals surface area contributed by atoms with Crippen LogP contribution in [0.3, 0.4) is 0 Å². The molecule has 1 saturated heterocycles. The molecule has 0 aromatic heterocycles. The maximum atomic E-state index is 14.6. The Kier molecular flexibility index (Phi) is 7.24. The molecule has 31 heavy (non-hydrogen) atoms. The van der Waals surface area contributed by atoms with Crippen LogP contribution in [-0.2, 0) is 4.79 Å². The lowest BCUT2D eigenvalue weighted by Crippen LogP contribution is -2.44. The third-order valence-electron chi connectivity index (χ3n) is 7.13. The maximum absolute atomic E-state index is 14.6. The van der Waals surface area contributed by atoms with Gasteiger partial charge in [0.15, 0.2) is 0 Å². The molecular formula is C24H33F2N3O2. The fourth-order valence-electron chi connectivity index (χ4n) is 5.30. The average molecular weight is 434 g/mol. The first-order chi connectivity index (χ1) is 14.7. The zero-order valence-corrected chi connectivity index (χ0v) is 18.8. The monoisotopic (exact) mass is 433 g/mol. The van der Waals surface area contributed by atoms with Crippen LogP contribution in [0.2, 0.25) is 0 Å². The fraction of sp³-hybridized carbons (Fsp3) is 0.625. The summed E-state index contributed by atoms with van der Waals surface area (Å²) in [7, 11) is 1.46. The first kappa shape index (κ1) is 23.5. The highest BCUT2D eigenvalue weighted by Gasteiger charge is 2.52. The normalized spacial score (nSPS) is 29.5. The van der Waals surface area contributed by atoms with Crippen molar-refractivity contribution >= 4 is 11.6 Å². The molecule has 1 aromatic rings. The quantitative estimate of drug-likeness (QED) is 0.648. The second-order valence-corrected chi connectivity index (χ2v) is 9.43. The van der Waals surface area contributed by atoms with Gasteiger partial charge in [0.25, 0.3) is 0 Å². The number of allylic oxidation sites excluding steroid dienone is 1. The first-order valence-electron chi connectivity index (χ1n) is 11.1. The Balaban J connectivity index is 2.05. The van der Waals surface area contributed by atoms with E-state index in [2.05, 4.69) is 24.1 Å². The van der Waals surface area contributed by atoms with Crippen LogP contribution in [0.25, 0.3) is 5.70 Å². The Morgan fingerprint density at radius 3 is 2.55 bits per heavy atom. The molecule has 7 heteroatoms. The van der Waals surface area contributed by atoms with Crippen LogP contribution in [0, 0.1) is 40.7 Å². The van der Waals surface area contributed by atoms with Gasteiger partial charge in [-0.1, -0.05) is 32.9 Å². The zero-order valence-electron chi connectivity index (χ0n) is 18.8. The number of azo groups is 1. The highest BCUT2D eigenvalue weighted by Crippen LogP contribution is 2.52. The molecule has 0 radical (unpaired) electrons. The molecule has 1 heterocycles. The Morgan fingerprint density at radius 1 is 1.32 bits per heavy atom. The van der Waals surface area contributed by atoms with Crippen molar-refractivity contribution in [3.8, 4) is 0 Å². The summed E-state index contributed by atoms with van der Waals surface area (Å²) in [5.74, 6) is -0.984. The van der Waals surface area contributed by atoms with Crippen molar-refractivity contribution < 1.29 is 18.7 Å². The van der Waals surface area contributed by atoms with E-state index in [1.807, 2.05) is 11.8 Å². The van der Waals surface area contributed by atoms with E-state index in [1.54, 1.807) is 6.08 Å². The summed E-state index contributed by atoms with van der Waals surface area (Å²) >= 11 is 0. The highest BCUT2D eigenvalue weighted by atomic mass is 19.1. The van der Waals surface area contributed by atoms with Crippen molar-refractivity contribution in [2.45, 2.75) is 40.0 Å². The number of aliphatic hydroxyl groups is 1. The minimum absolute atomic E-state index is 0.0506. The third kappa shape index (κ3) is 4.56. The highest BCUT2D eigenvalue weighted by molar-refractivity contribution is 5.84. The molecule has 1 aliphatic heterocycles. The number of rotatable bonds is 6. The van der Waals surface area contributed by atoms with Crippen molar-refractivity contribution in [2.75, 3.05) is 26.7 Å². The number of carbonyl (C=O) groups is 1. The molecule has 1 aliphatic carbocycles. The van der Waals surface area contributed by atoms with E-state index < -0.39 is 17.0 Å². The van der Waals surface area contributed by atoms with Gasteiger partial charge in [0.2, 0.25) is 5.91 Å². The lowest BCUT2D eigenvalue weighted by Gasteiger charge is -2.36. The molecule has 0 spiro atoms. The van der Waals surface area contributed by atoms with Crippen LogP contribution >= 0.6 is 0 Å². The van der Waals surface area contributed by atoms with Crippen molar-refractivity contribution in [1.82, 2.24) is 4.90 Å².